The molecule has 1 aliphatic rings. The predicted molar refractivity (Wildman–Crippen MR) is 89.2 cm³/mol. The number of allylic oxidation sites excluding steroid dienone is 1. The van der Waals surface area contributed by atoms with Gasteiger partial charge in [-0.3, -0.25) is 14.2 Å². The summed E-state index contributed by atoms with van der Waals surface area (Å²) in [5.74, 6) is -0.614. The van der Waals surface area contributed by atoms with E-state index in [0.29, 0.717) is 16.8 Å². The second-order valence-corrected chi connectivity index (χ2v) is 6.91. The highest BCUT2D eigenvalue weighted by Gasteiger charge is 2.25. The van der Waals surface area contributed by atoms with Crippen molar-refractivity contribution in [2.45, 2.75) is 39.3 Å². The lowest BCUT2D eigenvalue weighted by atomic mass is 10.2. The summed E-state index contributed by atoms with van der Waals surface area (Å²) in [5, 5.41) is 0.576. The summed E-state index contributed by atoms with van der Waals surface area (Å²) in [6.07, 6.45) is 2.80. The Bertz CT molecular complexity index is 932. The average molecular weight is 334 g/mol. The number of esters is 1. The summed E-state index contributed by atoms with van der Waals surface area (Å²) in [6.45, 7) is 5.64. The van der Waals surface area contributed by atoms with E-state index < -0.39 is 17.2 Å². The normalized spacial score (nSPS) is 13.3. The number of hydrogen-bond acceptors (Lipinski definition) is 5. The molecule has 6 nitrogen and oxygen atoms in total. The second-order valence-electron chi connectivity index (χ2n) is 5.83. The van der Waals surface area contributed by atoms with Gasteiger partial charge in [-0.15, -0.1) is 11.3 Å². The Morgan fingerprint density at radius 2 is 2.00 bits per heavy atom. The lowest BCUT2D eigenvalue weighted by molar-refractivity contribution is -0.141. The molecule has 0 saturated heterocycles. The molecule has 0 saturated carbocycles. The first-order valence-corrected chi connectivity index (χ1v) is 8.24. The van der Waals surface area contributed by atoms with Crippen LogP contribution in [0.15, 0.2) is 21.7 Å². The molecule has 7 heteroatoms. The number of aryl methyl sites for hydroxylation is 2. The van der Waals surface area contributed by atoms with Crippen LogP contribution in [0.4, 0.5) is 0 Å². The van der Waals surface area contributed by atoms with E-state index in [9.17, 15) is 14.4 Å². The van der Waals surface area contributed by atoms with Crippen molar-refractivity contribution >= 4 is 27.5 Å². The molecule has 0 atom stereocenters. The van der Waals surface area contributed by atoms with Crippen molar-refractivity contribution in [1.29, 1.82) is 0 Å². The first kappa shape index (κ1) is 15.7. The van der Waals surface area contributed by atoms with Gasteiger partial charge in [-0.05, 0) is 31.7 Å². The minimum atomic E-state index is -0.614. The van der Waals surface area contributed by atoms with Crippen molar-refractivity contribution < 1.29 is 9.53 Å². The molecule has 3 rings (SSSR count). The first-order valence-electron chi connectivity index (χ1n) is 7.43. The molecule has 0 fully saturated rings. The summed E-state index contributed by atoms with van der Waals surface area (Å²) >= 11 is 1.51. The number of carbonyl (C=O) groups is 1. The Morgan fingerprint density at radius 1 is 1.26 bits per heavy atom. The van der Waals surface area contributed by atoms with E-state index in [2.05, 4.69) is 11.3 Å². The third kappa shape index (κ3) is 2.55. The number of fused-ring (bicyclic) bond motifs is 3. The van der Waals surface area contributed by atoms with Crippen LogP contribution in [-0.2, 0) is 35.5 Å². The Labute approximate surface area is 136 Å². The molecule has 0 N–H and O–H groups in total. The number of nitrogens with zero attached hydrogens (tertiary/aromatic N) is 2. The number of hydrogen-bond donors (Lipinski definition) is 0. The van der Waals surface area contributed by atoms with Crippen molar-refractivity contribution in [3.8, 4) is 0 Å². The van der Waals surface area contributed by atoms with Gasteiger partial charge in [0, 0.05) is 11.4 Å². The van der Waals surface area contributed by atoms with Crippen LogP contribution in [0.1, 0.15) is 23.8 Å². The molecule has 0 aromatic carbocycles. The molecule has 0 spiro atoms. The molecule has 0 radical (unpaired) electrons. The minimum Gasteiger partial charge on any atom is -0.468 e. The molecule has 0 bridgehead atoms. The zero-order valence-electron chi connectivity index (χ0n) is 13.2. The zero-order chi connectivity index (χ0) is 16.7. The van der Waals surface area contributed by atoms with Crippen molar-refractivity contribution in [2.75, 3.05) is 7.11 Å². The van der Waals surface area contributed by atoms with Crippen LogP contribution < -0.4 is 11.2 Å². The van der Waals surface area contributed by atoms with E-state index in [-0.39, 0.29) is 6.54 Å². The fourth-order valence-corrected chi connectivity index (χ4v) is 4.37. The second kappa shape index (κ2) is 5.81. The van der Waals surface area contributed by atoms with E-state index in [0.717, 1.165) is 35.0 Å². The fourth-order valence-electron chi connectivity index (χ4n) is 3.00. The third-order valence-electron chi connectivity index (χ3n) is 4.01. The molecule has 23 heavy (non-hydrogen) atoms. The number of rotatable bonds is 4. The van der Waals surface area contributed by atoms with Crippen LogP contribution in [0.25, 0.3) is 10.2 Å². The topological polar surface area (TPSA) is 70.3 Å². The summed E-state index contributed by atoms with van der Waals surface area (Å²) < 4.78 is 7.13. The van der Waals surface area contributed by atoms with Gasteiger partial charge in [-0.2, -0.15) is 0 Å². The van der Waals surface area contributed by atoms with Gasteiger partial charge >= 0.3 is 11.7 Å². The molecule has 2 aromatic heterocycles. The van der Waals surface area contributed by atoms with Gasteiger partial charge in [0.05, 0.1) is 12.5 Å². The molecule has 2 heterocycles. The molecule has 2 aromatic rings. The quantitative estimate of drug-likeness (QED) is 0.627. The van der Waals surface area contributed by atoms with Gasteiger partial charge in [0.15, 0.2) is 0 Å². The highest BCUT2D eigenvalue weighted by Crippen LogP contribution is 2.35. The minimum absolute atomic E-state index is 0.330. The van der Waals surface area contributed by atoms with Crippen LogP contribution in [0.3, 0.4) is 0 Å². The standard InChI is InChI=1S/C16H18N2O4S/c1-9(2)7-18-15-13(10-5-4-6-11(10)23-15)14(20)17(16(18)21)8-12(19)22-3/h1,4-8H2,2-3H3. The zero-order valence-corrected chi connectivity index (χ0v) is 14.0. The molecule has 0 unspecified atom stereocenters. The summed E-state index contributed by atoms with van der Waals surface area (Å²) in [7, 11) is 1.24. The Hall–Kier alpha value is -2.15. The number of aromatic nitrogens is 2. The van der Waals surface area contributed by atoms with E-state index in [1.165, 1.54) is 23.3 Å². The number of methoxy groups -OCH3 is 1. The van der Waals surface area contributed by atoms with Gasteiger partial charge < -0.3 is 4.74 Å². The monoisotopic (exact) mass is 334 g/mol. The van der Waals surface area contributed by atoms with Crippen molar-refractivity contribution in [3.63, 3.8) is 0 Å². The molecule has 0 amide bonds. The van der Waals surface area contributed by atoms with E-state index >= 15 is 0 Å². The smallest absolute Gasteiger partial charge is 0.332 e. The van der Waals surface area contributed by atoms with Gasteiger partial charge in [-0.1, -0.05) is 12.2 Å². The molecule has 122 valence electrons. The van der Waals surface area contributed by atoms with Crippen LogP contribution >= 0.6 is 11.3 Å². The van der Waals surface area contributed by atoms with Crippen molar-refractivity contribution in [3.05, 3.63) is 43.4 Å². The highest BCUT2D eigenvalue weighted by atomic mass is 32.1. The van der Waals surface area contributed by atoms with Gasteiger partial charge in [0.2, 0.25) is 0 Å². The average Bonchev–Trinajstić information content (AvgIpc) is 3.07. The first-order chi connectivity index (χ1) is 10.9. The van der Waals surface area contributed by atoms with Crippen LogP contribution in [0.5, 0.6) is 0 Å². The third-order valence-corrected chi connectivity index (χ3v) is 5.33. The Balaban J connectivity index is 2.35. The van der Waals surface area contributed by atoms with E-state index in [4.69, 9.17) is 0 Å². The fraction of sp³-hybridized carbons (Fsp3) is 0.438. The summed E-state index contributed by atoms with van der Waals surface area (Å²) in [4.78, 5) is 38.9. The van der Waals surface area contributed by atoms with Crippen molar-refractivity contribution in [2.24, 2.45) is 0 Å². The molecule has 1 aliphatic carbocycles. The maximum absolute atomic E-state index is 12.8. The molecular weight excluding hydrogens is 316 g/mol. The SMILES string of the molecule is C=C(C)Cn1c(=O)n(CC(=O)OC)c(=O)c2c3c(sc21)CCC3. The van der Waals surface area contributed by atoms with Crippen LogP contribution in [-0.4, -0.2) is 22.2 Å². The maximum Gasteiger partial charge on any atom is 0.332 e. The van der Waals surface area contributed by atoms with E-state index in [1.807, 2.05) is 6.92 Å². The van der Waals surface area contributed by atoms with Crippen molar-refractivity contribution in [1.82, 2.24) is 9.13 Å². The lowest BCUT2D eigenvalue weighted by Gasteiger charge is -2.11. The number of thiophene rings is 1. The Morgan fingerprint density at radius 3 is 2.65 bits per heavy atom. The predicted octanol–water partition coefficient (Wildman–Crippen LogP) is 1.46. The van der Waals surface area contributed by atoms with Crippen LogP contribution in [0.2, 0.25) is 0 Å². The molecule has 0 aliphatic heterocycles. The van der Waals surface area contributed by atoms with Crippen LogP contribution in [0, 0.1) is 0 Å². The van der Waals surface area contributed by atoms with Gasteiger partial charge in [0.25, 0.3) is 5.56 Å². The van der Waals surface area contributed by atoms with Gasteiger partial charge in [0.1, 0.15) is 11.4 Å². The molecular formula is C16H18N2O4S. The maximum atomic E-state index is 12.8. The summed E-state index contributed by atoms with van der Waals surface area (Å²) in [5.41, 5.74) is 0.956. The lowest BCUT2D eigenvalue weighted by Crippen LogP contribution is -2.41. The van der Waals surface area contributed by atoms with E-state index in [1.54, 1.807) is 4.57 Å². The van der Waals surface area contributed by atoms with Gasteiger partial charge in [-0.25, -0.2) is 9.36 Å². The number of ether oxygens (including phenoxy) is 1. The Kier molecular flexibility index (Phi) is 3.97. The summed E-state index contributed by atoms with van der Waals surface area (Å²) in [6, 6.07) is 0. The largest absolute Gasteiger partial charge is 0.468 e. The number of carbonyl (C=O) groups excluding carboxylic acids is 1. The highest BCUT2D eigenvalue weighted by molar-refractivity contribution is 7.18.